The zero-order chi connectivity index (χ0) is 31.4. The summed E-state index contributed by atoms with van der Waals surface area (Å²) in [7, 11) is -3.85. The molecule has 11 nitrogen and oxygen atoms in total. The first kappa shape index (κ1) is 31.7. The smallest absolute Gasteiger partial charge is 0.422 e. The van der Waals surface area contributed by atoms with Gasteiger partial charge in [-0.15, -0.1) is 0 Å². The molecule has 0 spiro atoms. The molecule has 1 aliphatic heterocycles. The van der Waals surface area contributed by atoms with E-state index in [9.17, 15) is 39.6 Å². The predicted molar refractivity (Wildman–Crippen MR) is 142 cm³/mol. The summed E-state index contributed by atoms with van der Waals surface area (Å²) in [4.78, 5) is 22.8. The fourth-order valence-electron chi connectivity index (χ4n) is 4.08. The number of aromatic nitrogens is 3. The Morgan fingerprint density at radius 1 is 0.953 bits per heavy atom. The van der Waals surface area contributed by atoms with Crippen LogP contribution in [0.1, 0.15) is 25.3 Å². The van der Waals surface area contributed by atoms with Crippen molar-refractivity contribution >= 4 is 39.2 Å². The number of rotatable bonds is 9. The van der Waals surface area contributed by atoms with Crippen LogP contribution in [0.5, 0.6) is 6.01 Å². The van der Waals surface area contributed by atoms with Crippen LogP contribution in [0.25, 0.3) is 0 Å². The minimum atomic E-state index is -4.71. The number of hydrogen-bond donors (Lipinski definition) is 3. The highest BCUT2D eigenvalue weighted by Gasteiger charge is 2.32. The first-order valence-corrected chi connectivity index (χ1v) is 14.1. The van der Waals surface area contributed by atoms with Crippen LogP contribution >= 0.6 is 0 Å². The van der Waals surface area contributed by atoms with E-state index < -0.39 is 46.6 Å². The molecule has 18 heteroatoms. The van der Waals surface area contributed by atoms with Crippen LogP contribution in [0, 0.1) is 0 Å². The van der Waals surface area contributed by atoms with Crippen LogP contribution in [0.4, 0.5) is 49.6 Å². The zero-order valence-corrected chi connectivity index (χ0v) is 23.1. The quantitative estimate of drug-likeness (QED) is 0.284. The van der Waals surface area contributed by atoms with Gasteiger partial charge in [0.05, 0.1) is 10.5 Å². The standard InChI is InChI=1S/C25H25F6N7O4S/c1-15(39)32-17-5-7-20(8-6-17)43(40,41)38-11-9-18(10-12-38)33-21-35-22(37-23(36-21)42-14-24(26,27)28)34-19-4-2-3-16(13-19)25(29,30)31/h2-8,13,18H,9-12,14H2,1H3,(H,32,39)(H2,33,34,35,36,37). The van der Waals surface area contributed by atoms with E-state index >= 15 is 0 Å². The van der Waals surface area contributed by atoms with E-state index in [1.54, 1.807) is 0 Å². The van der Waals surface area contributed by atoms with Crippen molar-refractivity contribution in [1.29, 1.82) is 0 Å². The Bertz CT molecular complexity index is 1540. The number of halogens is 6. The van der Waals surface area contributed by atoms with Crippen molar-refractivity contribution in [1.82, 2.24) is 19.3 Å². The minimum Gasteiger partial charge on any atom is -0.454 e. The summed E-state index contributed by atoms with van der Waals surface area (Å²) < 4.78 is 110. The number of anilines is 4. The van der Waals surface area contributed by atoms with Crippen LogP contribution < -0.4 is 20.7 Å². The summed E-state index contributed by atoms with van der Waals surface area (Å²) in [5.74, 6) is -0.908. The summed E-state index contributed by atoms with van der Waals surface area (Å²) in [6.45, 7) is -0.220. The topological polar surface area (TPSA) is 138 Å². The molecule has 2 aromatic carbocycles. The van der Waals surface area contributed by atoms with Gasteiger partial charge in [-0.2, -0.15) is 45.6 Å². The molecule has 1 fully saturated rings. The fraction of sp³-hybridized carbons (Fsp3) is 0.360. The minimum absolute atomic E-state index is 0.0299. The third kappa shape index (κ3) is 8.90. The van der Waals surface area contributed by atoms with Gasteiger partial charge in [-0.3, -0.25) is 4.79 Å². The van der Waals surface area contributed by atoms with Crippen molar-refractivity contribution in [3.8, 4) is 6.01 Å². The molecule has 2 heterocycles. The van der Waals surface area contributed by atoms with E-state index in [2.05, 4.69) is 35.6 Å². The number of ether oxygens (including phenoxy) is 1. The Hall–Kier alpha value is -4.19. The molecule has 1 saturated heterocycles. The third-order valence-corrected chi connectivity index (χ3v) is 7.94. The average molecular weight is 634 g/mol. The van der Waals surface area contributed by atoms with Gasteiger partial charge in [-0.25, -0.2) is 8.42 Å². The van der Waals surface area contributed by atoms with Gasteiger partial charge in [0.2, 0.25) is 27.8 Å². The molecule has 3 aromatic rings. The lowest BCUT2D eigenvalue weighted by atomic mass is 10.1. The normalized spacial score (nSPS) is 15.1. The number of nitrogens with zero attached hydrogens (tertiary/aromatic N) is 4. The molecule has 4 rings (SSSR count). The maximum atomic E-state index is 13.1. The van der Waals surface area contributed by atoms with Gasteiger partial charge < -0.3 is 20.7 Å². The van der Waals surface area contributed by atoms with E-state index in [4.69, 9.17) is 0 Å². The van der Waals surface area contributed by atoms with Gasteiger partial charge in [0.25, 0.3) is 0 Å². The highest BCUT2D eigenvalue weighted by atomic mass is 32.2. The fourth-order valence-corrected chi connectivity index (χ4v) is 5.55. The van der Waals surface area contributed by atoms with E-state index in [0.717, 1.165) is 18.2 Å². The van der Waals surface area contributed by atoms with Gasteiger partial charge in [0, 0.05) is 37.4 Å². The molecule has 0 atom stereocenters. The summed E-state index contributed by atoms with van der Waals surface area (Å²) in [5.41, 5.74) is -0.617. The van der Waals surface area contributed by atoms with E-state index in [-0.39, 0.29) is 54.3 Å². The number of hydrogen-bond acceptors (Lipinski definition) is 9. The second-order valence-electron chi connectivity index (χ2n) is 9.40. The van der Waals surface area contributed by atoms with Crippen molar-refractivity contribution in [2.24, 2.45) is 0 Å². The number of alkyl halides is 6. The first-order chi connectivity index (χ1) is 20.1. The molecule has 0 aliphatic carbocycles. The average Bonchev–Trinajstić information content (AvgIpc) is 2.91. The van der Waals surface area contributed by atoms with Crippen LogP contribution in [-0.2, 0) is 21.0 Å². The molecule has 43 heavy (non-hydrogen) atoms. The van der Waals surface area contributed by atoms with E-state index in [0.29, 0.717) is 5.69 Å². The van der Waals surface area contributed by atoms with Crippen molar-refractivity contribution in [3.05, 3.63) is 54.1 Å². The molecule has 232 valence electrons. The van der Waals surface area contributed by atoms with Crippen LogP contribution in [0.2, 0.25) is 0 Å². The lowest BCUT2D eigenvalue weighted by Crippen LogP contribution is -2.42. The number of carbonyl (C=O) groups is 1. The van der Waals surface area contributed by atoms with Crippen LogP contribution in [-0.4, -0.2) is 65.5 Å². The lowest BCUT2D eigenvalue weighted by Gasteiger charge is -2.31. The molecule has 3 N–H and O–H groups in total. The van der Waals surface area contributed by atoms with Crippen LogP contribution in [0.3, 0.4) is 0 Å². The number of amides is 1. The molecule has 1 amide bonds. The SMILES string of the molecule is CC(=O)Nc1ccc(S(=O)(=O)N2CCC(Nc3nc(Nc4cccc(C(F)(F)F)c4)nc(OCC(F)(F)F)n3)CC2)cc1. The molecule has 1 aliphatic rings. The van der Waals surface area contributed by atoms with E-state index in [1.165, 1.54) is 41.6 Å². The molecular weight excluding hydrogens is 608 g/mol. The highest BCUT2D eigenvalue weighted by molar-refractivity contribution is 7.89. The Balaban J connectivity index is 1.46. The third-order valence-electron chi connectivity index (χ3n) is 6.03. The lowest BCUT2D eigenvalue weighted by molar-refractivity contribution is -0.154. The predicted octanol–water partition coefficient (Wildman–Crippen LogP) is 4.80. The number of carbonyl (C=O) groups excluding carboxylic acids is 1. The van der Waals surface area contributed by atoms with E-state index in [1.807, 2.05) is 0 Å². The second kappa shape index (κ2) is 12.6. The van der Waals surface area contributed by atoms with Gasteiger partial charge in [0.1, 0.15) is 0 Å². The summed E-state index contributed by atoms with van der Waals surface area (Å²) >= 11 is 0. The number of benzene rings is 2. The highest BCUT2D eigenvalue weighted by Crippen LogP contribution is 2.31. The molecule has 0 radical (unpaired) electrons. The second-order valence-corrected chi connectivity index (χ2v) is 11.3. The summed E-state index contributed by atoms with van der Waals surface area (Å²) in [6.07, 6.45) is -8.81. The Labute approximate surface area is 241 Å². The maximum Gasteiger partial charge on any atom is 0.422 e. The summed E-state index contributed by atoms with van der Waals surface area (Å²) in [6, 6.07) is 8.57. The zero-order valence-electron chi connectivity index (χ0n) is 22.3. The Morgan fingerprint density at radius 2 is 1.60 bits per heavy atom. The van der Waals surface area contributed by atoms with Gasteiger partial charge in [-0.1, -0.05) is 6.07 Å². The maximum absolute atomic E-state index is 13.1. The van der Waals surface area contributed by atoms with Gasteiger partial charge in [0.15, 0.2) is 6.61 Å². The number of sulfonamides is 1. The van der Waals surface area contributed by atoms with Gasteiger partial charge in [-0.05, 0) is 55.3 Å². The largest absolute Gasteiger partial charge is 0.454 e. The molecule has 0 unspecified atom stereocenters. The monoisotopic (exact) mass is 633 g/mol. The first-order valence-electron chi connectivity index (χ1n) is 12.6. The Morgan fingerprint density at radius 3 is 2.21 bits per heavy atom. The molecule has 1 aromatic heterocycles. The molecule has 0 bridgehead atoms. The molecule has 0 saturated carbocycles. The van der Waals surface area contributed by atoms with Crippen molar-refractivity contribution in [3.63, 3.8) is 0 Å². The van der Waals surface area contributed by atoms with Gasteiger partial charge >= 0.3 is 18.4 Å². The summed E-state index contributed by atoms with van der Waals surface area (Å²) in [5, 5.41) is 7.98. The van der Waals surface area contributed by atoms with Crippen molar-refractivity contribution in [2.45, 2.75) is 43.1 Å². The van der Waals surface area contributed by atoms with Crippen molar-refractivity contribution < 1.29 is 44.3 Å². The number of nitrogens with one attached hydrogen (secondary N) is 3. The molecular formula is C25H25F6N7O4S. The van der Waals surface area contributed by atoms with Crippen molar-refractivity contribution in [2.75, 3.05) is 35.6 Å². The number of piperidine rings is 1. The van der Waals surface area contributed by atoms with Crippen LogP contribution in [0.15, 0.2) is 53.4 Å². The Kier molecular flexibility index (Phi) is 9.29.